The van der Waals surface area contributed by atoms with Crippen molar-refractivity contribution in [2.24, 2.45) is 0 Å². The average molecular weight is 284 g/mol. The Balaban J connectivity index is 2.18. The van der Waals surface area contributed by atoms with Gasteiger partial charge >= 0.3 is 5.97 Å². The highest BCUT2D eigenvalue weighted by Crippen LogP contribution is 2.18. The molecule has 0 aliphatic heterocycles. The largest absolute Gasteiger partial charge is 0.478 e. The number of aliphatic carboxylic acids is 1. The molecule has 1 N–H and O–H groups in total. The summed E-state index contributed by atoms with van der Waals surface area (Å²) in [6.45, 7) is 4.02. The van der Waals surface area contributed by atoms with Crippen molar-refractivity contribution in [3.05, 3.63) is 65.2 Å². The van der Waals surface area contributed by atoms with E-state index in [9.17, 15) is 9.90 Å². The van der Waals surface area contributed by atoms with Crippen LogP contribution in [-0.4, -0.2) is 17.2 Å². The lowest BCUT2D eigenvalue weighted by atomic mass is 10.00. The van der Waals surface area contributed by atoms with Crippen LogP contribution in [0.25, 0.3) is 0 Å². The maximum atomic E-state index is 11.5. The molecule has 0 spiro atoms. The topological polar surface area (TPSA) is 46.5 Å². The molecule has 0 unspecified atom stereocenters. The summed E-state index contributed by atoms with van der Waals surface area (Å²) in [6.07, 6.45) is 0.375. The number of carboxylic acid groups (broad SMARTS) is 1. The molecule has 0 radical (unpaired) electrons. The molecule has 0 amide bonds. The van der Waals surface area contributed by atoms with Gasteiger partial charge in [-0.15, -0.1) is 0 Å². The van der Waals surface area contributed by atoms with Gasteiger partial charge in [0.05, 0.1) is 0 Å². The van der Waals surface area contributed by atoms with Crippen LogP contribution in [0.15, 0.2) is 48.5 Å². The highest BCUT2D eigenvalue weighted by atomic mass is 16.5. The van der Waals surface area contributed by atoms with Crippen molar-refractivity contribution >= 4 is 5.97 Å². The Kier molecular flexibility index (Phi) is 4.99. The van der Waals surface area contributed by atoms with Crippen LogP contribution in [0.4, 0.5) is 0 Å². The highest BCUT2D eigenvalue weighted by molar-refractivity contribution is 5.73. The number of benzene rings is 2. The summed E-state index contributed by atoms with van der Waals surface area (Å²) in [6, 6.07) is 15.4. The summed E-state index contributed by atoms with van der Waals surface area (Å²) >= 11 is 0. The van der Waals surface area contributed by atoms with Crippen LogP contribution in [0.2, 0.25) is 0 Å². The van der Waals surface area contributed by atoms with E-state index in [1.54, 1.807) is 6.07 Å². The highest BCUT2D eigenvalue weighted by Gasteiger charge is 2.21. The molecule has 0 heterocycles. The van der Waals surface area contributed by atoms with Gasteiger partial charge in [-0.3, -0.25) is 0 Å². The first kappa shape index (κ1) is 15.1. The summed E-state index contributed by atoms with van der Waals surface area (Å²) in [5.41, 5.74) is 3.24. The second-order valence-corrected chi connectivity index (χ2v) is 5.09. The van der Waals surface area contributed by atoms with E-state index in [0.717, 1.165) is 23.1 Å². The Bertz CT molecular complexity index is 619. The standard InChI is InChI=1S/C18H20O3/c1-3-14-8-4-5-9-15(14)12-17(18(19)20)21-16-10-6-7-13(2)11-16/h4-11,17H,3,12H2,1-2H3,(H,19,20)/t17-/m0/s1. The minimum atomic E-state index is -0.942. The van der Waals surface area contributed by atoms with Crippen molar-refractivity contribution in [3.8, 4) is 5.75 Å². The van der Waals surface area contributed by atoms with Gasteiger partial charge in [0.2, 0.25) is 0 Å². The molecule has 1 atom stereocenters. The maximum Gasteiger partial charge on any atom is 0.345 e. The van der Waals surface area contributed by atoms with Crippen LogP contribution >= 0.6 is 0 Å². The van der Waals surface area contributed by atoms with Crippen molar-refractivity contribution in [3.63, 3.8) is 0 Å². The molecule has 2 aromatic carbocycles. The molecule has 0 saturated carbocycles. The van der Waals surface area contributed by atoms with Gasteiger partial charge in [0, 0.05) is 6.42 Å². The zero-order valence-corrected chi connectivity index (χ0v) is 12.4. The molecule has 21 heavy (non-hydrogen) atoms. The molecule has 2 aromatic rings. The quantitative estimate of drug-likeness (QED) is 0.881. The zero-order chi connectivity index (χ0) is 15.2. The second-order valence-electron chi connectivity index (χ2n) is 5.09. The lowest BCUT2D eigenvalue weighted by molar-refractivity contribution is -0.145. The molecule has 0 fully saturated rings. The Morgan fingerprint density at radius 1 is 1.14 bits per heavy atom. The van der Waals surface area contributed by atoms with Crippen LogP contribution in [-0.2, 0) is 17.6 Å². The van der Waals surface area contributed by atoms with E-state index in [1.165, 1.54) is 0 Å². The van der Waals surface area contributed by atoms with Crippen molar-refractivity contribution in [1.82, 2.24) is 0 Å². The van der Waals surface area contributed by atoms with E-state index in [2.05, 4.69) is 6.92 Å². The fraction of sp³-hybridized carbons (Fsp3) is 0.278. The average Bonchev–Trinajstić information content (AvgIpc) is 2.47. The van der Waals surface area contributed by atoms with E-state index < -0.39 is 12.1 Å². The predicted octanol–water partition coefficient (Wildman–Crippen LogP) is 3.63. The molecule has 2 rings (SSSR count). The van der Waals surface area contributed by atoms with Crippen molar-refractivity contribution in [2.45, 2.75) is 32.8 Å². The van der Waals surface area contributed by atoms with Gasteiger partial charge in [-0.25, -0.2) is 4.79 Å². The van der Waals surface area contributed by atoms with Gasteiger partial charge in [0.25, 0.3) is 0 Å². The summed E-state index contributed by atoms with van der Waals surface area (Å²) in [5, 5.41) is 9.40. The van der Waals surface area contributed by atoms with Gasteiger partial charge in [-0.1, -0.05) is 43.3 Å². The summed E-state index contributed by atoms with van der Waals surface area (Å²) in [5.74, 6) is -0.348. The number of ether oxygens (including phenoxy) is 1. The summed E-state index contributed by atoms with van der Waals surface area (Å²) < 4.78 is 5.66. The molecular weight excluding hydrogens is 264 g/mol. The number of carbonyl (C=O) groups is 1. The molecular formula is C18H20O3. The molecule has 0 aliphatic carbocycles. The normalized spacial score (nSPS) is 11.9. The smallest absolute Gasteiger partial charge is 0.345 e. The first-order valence-corrected chi connectivity index (χ1v) is 7.13. The minimum absolute atomic E-state index is 0.368. The van der Waals surface area contributed by atoms with Crippen LogP contribution in [0.3, 0.4) is 0 Å². The van der Waals surface area contributed by atoms with Crippen LogP contribution in [0.1, 0.15) is 23.6 Å². The number of carboxylic acids is 1. The number of hydrogen-bond donors (Lipinski definition) is 1. The van der Waals surface area contributed by atoms with Crippen LogP contribution in [0.5, 0.6) is 5.75 Å². The van der Waals surface area contributed by atoms with Crippen molar-refractivity contribution in [1.29, 1.82) is 0 Å². The summed E-state index contributed by atoms with van der Waals surface area (Å²) in [7, 11) is 0. The molecule has 3 nitrogen and oxygen atoms in total. The van der Waals surface area contributed by atoms with E-state index in [4.69, 9.17) is 4.74 Å². The van der Waals surface area contributed by atoms with Crippen molar-refractivity contribution < 1.29 is 14.6 Å². The fourth-order valence-corrected chi connectivity index (χ4v) is 2.33. The van der Waals surface area contributed by atoms with E-state index in [-0.39, 0.29) is 0 Å². The fourth-order valence-electron chi connectivity index (χ4n) is 2.33. The monoisotopic (exact) mass is 284 g/mol. The lowest BCUT2D eigenvalue weighted by Gasteiger charge is -2.17. The first-order chi connectivity index (χ1) is 10.1. The number of hydrogen-bond acceptors (Lipinski definition) is 2. The third kappa shape index (κ3) is 4.09. The SMILES string of the molecule is CCc1ccccc1C[C@H](Oc1cccc(C)c1)C(=O)O. The van der Waals surface area contributed by atoms with Crippen LogP contribution in [0, 0.1) is 6.92 Å². The van der Waals surface area contributed by atoms with E-state index in [1.807, 2.05) is 49.4 Å². The number of aryl methyl sites for hydroxylation is 2. The molecule has 0 aliphatic rings. The third-order valence-corrected chi connectivity index (χ3v) is 3.45. The molecule has 0 bridgehead atoms. The van der Waals surface area contributed by atoms with Gasteiger partial charge in [-0.05, 0) is 42.2 Å². The molecule has 0 saturated heterocycles. The van der Waals surface area contributed by atoms with Gasteiger partial charge in [0.15, 0.2) is 6.10 Å². The predicted molar refractivity (Wildman–Crippen MR) is 82.8 cm³/mol. The summed E-state index contributed by atoms with van der Waals surface area (Å²) in [4.78, 5) is 11.5. The van der Waals surface area contributed by atoms with E-state index >= 15 is 0 Å². The Hall–Kier alpha value is -2.29. The Morgan fingerprint density at radius 2 is 1.86 bits per heavy atom. The Labute approximate surface area is 125 Å². The van der Waals surface area contributed by atoms with E-state index in [0.29, 0.717) is 12.2 Å². The van der Waals surface area contributed by atoms with Gasteiger partial charge < -0.3 is 9.84 Å². The zero-order valence-electron chi connectivity index (χ0n) is 12.4. The van der Waals surface area contributed by atoms with Crippen LogP contribution < -0.4 is 4.74 Å². The third-order valence-electron chi connectivity index (χ3n) is 3.45. The first-order valence-electron chi connectivity index (χ1n) is 7.13. The molecule has 0 aromatic heterocycles. The minimum Gasteiger partial charge on any atom is -0.478 e. The lowest BCUT2D eigenvalue weighted by Crippen LogP contribution is -2.29. The Morgan fingerprint density at radius 3 is 2.48 bits per heavy atom. The molecule has 3 heteroatoms. The van der Waals surface area contributed by atoms with Crippen molar-refractivity contribution in [2.75, 3.05) is 0 Å². The van der Waals surface area contributed by atoms with Gasteiger partial charge in [0.1, 0.15) is 5.75 Å². The molecule has 110 valence electrons. The van der Waals surface area contributed by atoms with Gasteiger partial charge in [-0.2, -0.15) is 0 Å². The second kappa shape index (κ2) is 6.93. The number of rotatable bonds is 6. The maximum absolute atomic E-state index is 11.5.